The van der Waals surface area contributed by atoms with E-state index in [1.54, 1.807) is 7.05 Å². The van der Waals surface area contributed by atoms with E-state index >= 15 is 0 Å². The summed E-state index contributed by atoms with van der Waals surface area (Å²) in [5.74, 6) is 1.05. The molecule has 0 radical (unpaired) electrons. The Morgan fingerprint density at radius 1 is 1.22 bits per heavy atom. The van der Waals surface area contributed by atoms with Gasteiger partial charge in [-0.1, -0.05) is 32.0 Å². The van der Waals surface area contributed by atoms with Crippen molar-refractivity contribution in [3.63, 3.8) is 0 Å². The first-order valence-corrected chi connectivity index (χ1v) is 6.71. The second-order valence-electron chi connectivity index (χ2n) is 5.55. The summed E-state index contributed by atoms with van der Waals surface area (Å²) in [6, 6.07) is 6.55. The zero-order chi connectivity index (χ0) is 13.7. The van der Waals surface area contributed by atoms with Crippen molar-refractivity contribution in [2.45, 2.75) is 46.5 Å². The fraction of sp³-hybridized carbons (Fsp3) is 0.562. The molecule has 1 atom stereocenters. The van der Waals surface area contributed by atoms with Crippen LogP contribution in [-0.4, -0.2) is 13.0 Å². The highest BCUT2D eigenvalue weighted by molar-refractivity contribution is 5.76. The van der Waals surface area contributed by atoms with Crippen LogP contribution in [0.1, 0.15) is 49.3 Å². The number of carbonyl (C=O) groups excluding carboxylic acids is 1. The molecule has 2 nitrogen and oxygen atoms in total. The SMILES string of the molecule is CNC(=O)CC(CC(C)C)c1ccc(C)c(C)c1. The predicted molar refractivity (Wildman–Crippen MR) is 76.8 cm³/mol. The number of hydrogen-bond acceptors (Lipinski definition) is 1. The second-order valence-corrected chi connectivity index (χ2v) is 5.55. The Labute approximate surface area is 111 Å². The van der Waals surface area contributed by atoms with Gasteiger partial charge in [0.25, 0.3) is 0 Å². The van der Waals surface area contributed by atoms with Crippen molar-refractivity contribution in [3.8, 4) is 0 Å². The van der Waals surface area contributed by atoms with Gasteiger partial charge in [0.05, 0.1) is 0 Å². The highest BCUT2D eigenvalue weighted by atomic mass is 16.1. The van der Waals surface area contributed by atoms with E-state index in [9.17, 15) is 4.79 Å². The molecular formula is C16H25NO. The van der Waals surface area contributed by atoms with Gasteiger partial charge in [0.1, 0.15) is 0 Å². The molecule has 1 aromatic rings. The molecule has 0 bridgehead atoms. The zero-order valence-corrected chi connectivity index (χ0v) is 12.2. The molecule has 0 saturated carbocycles. The van der Waals surface area contributed by atoms with E-state index in [0.29, 0.717) is 18.3 Å². The standard InChI is InChI=1S/C16H25NO/c1-11(2)8-15(10-16(18)17-5)14-7-6-12(3)13(4)9-14/h6-7,9,11,15H,8,10H2,1-5H3,(H,17,18). The molecule has 0 heterocycles. The third kappa shape index (κ3) is 4.17. The predicted octanol–water partition coefficient (Wildman–Crippen LogP) is 3.57. The third-order valence-electron chi connectivity index (χ3n) is 3.47. The van der Waals surface area contributed by atoms with Crippen LogP contribution in [0.5, 0.6) is 0 Å². The van der Waals surface area contributed by atoms with Gasteiger partial charge in [0, 0.05) is 13.5 Å². The number of amides is 1. The smallest absolute Gasteiger partial charge is 0.220 e. The normalized spacial score (nSPS) is 12.6. The minimum Gasteiger partial charge on any atom is -0.359 e. The molecule has 0 aliphatic heterocycles. The molecule has 1 aromatic carbocycles. The lowest BCUT2D eigenvalue weighted by Crippen LogP contribution is -2.21. The number of nitrogens with one attached hydrogen (secondary N) is 1. The van der Waals surface area contributed by atoms with E-state index in [0.717, 1.165) is 6.42 Å². The van der Waals surface area contributed by atoms with Crippen LogP contribution in [0.25, 0.3) is 0 Å². The second kappa shape index (κ2) is 6.58. The Balaban J connectivity index is 2.93. The Bertz CT molecular complexity index is 410. The first kappa shape index (κ1) is 14.7. The minimum atomic E-state index is 0.124. The van der Waals surface area contributed by atoms with E-state index in [1.807, 2.05) is 0 Å². The summed E-state index contributed by atoms with van der Waals surface area (Å²) in [6.07, 6.45) is 1.63. The number of rotatable bonds is 5. The largest absolute Gasteiger partial charge is 0.359 e. The van der Waals surface area contributed by atoms with Gasteiger partial charge in [-0.15, -0.1) is 0 Å². The van der Waals surface area contributed by atoms with Crippen LogP contribution in [0.15, 0.2) is 18.2 Å². The molecule has 0 aromatic heterocycles. The summed E-state index contributed by atoms with van der Waals surface area (Å²) in [5.41, 5.74) is 3.90. The average Bonchev–Trinajstić information content (AvgIpc) is 2.31. The van der Waals surface area contributed by atoms with Crippen molar-refractivity contribution in [3.05, 3.63) is 34.9 Å². The van der Waals surface area contributed by atoms with E-state index in [4.69, 9.17) is 0 Å². The molecule has 0 aliphatic rings. The van der Waals surface area contributed by atoms with Crippen molar-refractivity contribution in [1.29, 1.82) is 0 Å². The summed E-state index contributed by atoms with van der Waals surface area (Å²) in [4.78, 5) is 11.6. The highest BCUT2D eigenvalue weighted by Gasteiger charge is 2.17. The van der Waals surface area contributed by atoms with E-state index in [2.05, 4.69) is 51.2 Å². The van der Waals surface area contributed by atoms with E-state index in [1.165, 1.54) is 16.7 Å². The van der Waals surface area contributed by atoms with Crippen LogP contribution in [0.2, 0.25) is 0 Å². The Kier molecular flexibility index (Phi) is 5.39. The average molecular weight is 247 g/mol. The lowest BCUT2D eigenvalue weighted by Gasteiger charge is -2.19. The monoisotopic (exact) mass is 247 g/mol. The molecule has 1 amide bonds. The number of aryl methyl sites for hydroxylation is 2. The summed E-state index contributed by atoms with van der Waals surface area (Å²) >= 11 is 0. The van der Waals surface area contributed by atoms with Crippen molar-refractivity contribution in [2.24, 2.45) is 5.92 Å². The fourth-order valence-corrected chi connectivity index (χ4v) is 2.25. The quantitative estimate of drug-likeness (QED) is 0.846. The van der Waals surface area contributed by atoms with E-state index < -0.39 is 0 Å². The molecule has 18 heavy (non-hydrogen) atoms. The van der Waals surface area contributed by atoms with Gasteiger partial charge < -0.3 is 5.32 Å². The first-order valence-electron chi connectivity index (χ1n) is 6.71. The van der Waals surface area contributed by atoms with Gasteiger partial charge in [-0.25, -0.2) is 0 Å². The van der Waals surface area contributed by atoms with Crippen molar-refractivity contribution < 1.29 is 4.79 Å². The van der Waals surface area contributed by atoms with Crippen LogP contribution < -0.4 is 5.32 Å². The molecule has 0 spiro atoms. The summed E-state index contributed by atoms with van der Waals surface area (Å²) < 4.78 is 0. The zero-order valence-electron chi connectivity index (χ0n) is 12.2. The molecule has 0 fully saturated rings. The maximum absolute atomic E-state index is 11.6. The summed E-state index contributed by atoms with van der Waals surface area (Å²) in [7, 11) is 1.70. The summed E-state index contributed by atoms with van der Waals surface area (Å²) in [5, 5.41) is 2.73. The topological polar surface area (TPSA) is 29.1 Å². The van der Waals surface area contributed by atoms with Crippen LogP contribution >= 0.6 is 0 Å². The summed E-state index contributed by atoms with van der Waals surface area (Å²) in [6.45, 7) is 8.66. The molecule has 1 N–H and O–H groups in total. The van der Waals surface area contributed by atoms with E-state index in [-0.39, 0.29) is 5.91 Å². The fourth-order valence-electron chi connectivity index (χ4n) is 2.25. The van der Waals surface area contributed by atoms with Crippen LogP contribution in [0.4, 0.5) is 0 Å². The Hall–Kier alpha value is -1.31. The molecule has 100 valence electrons. The van der Waals surface area contributed by atoms with Crippen LogP contribution in [-0.2, 0) is 4.79 Å². The minimum absolute atomic E-state index is 0.124. The maximum atomic E-state index is 11.6. The maximum Gasteiger partial charge on any atom is 0.220 e. The van der Waals surface area contributed by atoms with Crippen molar-refractivity contribution in [1.82, 2.24) is 5.32 Å². The lowest BCUT2D eigenvalue weighted by atomic mass is 9.86. The van der Waals surface area contributed by atoms with Crippen LogP contribution in [0, 0.1) is 19.8 Å². The van der Waals surface area contributed by atoms with Gasteiger partial charge in [0.15, 0.2) is 0 Å². The molecular weight excluding hydrogens is 222 g/mol. The Morgan fingerprint density at radius 2 is 1.89 bits per heavy atom. The molecule has 2 heteroatoms. The van der Waals surface area contributed by atoms with Crippen LogP contribution in [0.3, 0.4) is 0 Å². The molecule has 0 saturated heterocycles. The lowest BCUT2D eigenvalue weighted by molar-refractivity contribution is -0.121. The van der Waals surface area contributed by atoms with Crippen molar-refractivity contribution in [2.75, 3.05) is 7.05 Å². The van der Waals surface area contributed by atoms with Gasteiger partial charge >= 0.3 is 0 Å². The molecule has 1 unspecified atom stereocenters. The number of hydrogen-bond donors (Lipinski definition) is 1. The molecule has 0 aliphatic carbocycles. The van der Waals surface area contributed by atoms with Gasteiger partial charge in [-0.05, 0) is 48.8 Å². The van der Waals surface area contributed by atoms with Gasteiger partial charge in [0.2, 0.25) is 5.91 Å². The highest BCUT2D eigenvalue weighted by Crippen LogP contribution is 2.28. The van der Waals surface area contributed by atoms with Crippen molar-refractivity contribution >= 4 is 5.91 Å². The Morgan fingerprint density at radius 3 is 2.39 bits per heavy atom. The van der Waals surface area contributed by atoms with Gasteiger partial charge in [-0.2, -0.15) is 0 Å². The van der Waals surface area contributed by atoms with Gasteiger partial charge in [-0.3, -0.25) is 4.79 Å². The third-order valence-corrected chi connectivity index (χ3v) is 3.47. The number of carbonyl (C=O) groups is 1. The molecule has 1 rings (SSSR count). The first-order chi connectivity index (χ1) is 8.43. The number of benzene rings is 1.